The van der Waals surface area contributed by atoms with Gasteiger partial charge >= 0.3 is 18.0 Å². The van der Waals surface area contributed by atoms with Gasteiger partial charge in [-0.1, -0.05) is 55.1 Å². The van der Waals surface area contributed by atoms with E-state index in [4.69, 9.17) is 14.2 Å². The van der Waals surface area contributed by atoms with E-state index >= 15 is 0 Å². The normalized spacial score (nSPS) is 9.97. The zero-order chi connectivity index (χ0) is 22.6. The van der Waals surface area contributed by atoms with Gasteiger partial charge in [0, 0.05) is 16.7 Å². The van der Waals surface area contributed by atoms with Crippen LogP contribution < -0.4 is 5.32 Å². The number of hydrogen-bond acceptors (Lipinski definition) is 7. The summed E-state index contributed by atoms with van der Waals surface area (Å²) in [4.78, 5) is 47.8. The second-order valence-corrected chi connectivity index (χ2v) is 6.36. The Hall–Kier alpha value is -3.94. The van der Waals surface area contributed by atoms with E-state index in [9.17, 15) is 19.2 Å². The number of alkyl carbamates (subject to hydrolysis) is 1. The van der Waals surface area contributed by atoms with Crippen molar-refractivity contribution in [2.75, 3.05) is 26.4 Å². The van der Waals surface area contributed by atoms with Gasteiger partial charge in [0.15, 0.2) is 5.78 Å². The summed E-state index contributed by atoms with van der Waals surface area (Å²) in [6.07, 6.45) is -0.748. The number of benzene rings is 2. The summed E-state index contributed by atoms with van der Waals surface area (Å²) in [7, 11) is 0. The molecule has 0 unspecified atom stereocenters. The van der Waals surface area contributed by atoms with Crippen molar-refractivity contribution in [2.24, 2.45) is 0 Å². The fourth-order valence-electron chi connectivity index (χ4n) is 2.42. The summed E-state index contributed by atoms with van der Waals surface area (Å²) in [5.41, 5.74) is 1.06. The summed E-state index contributed by atoms with van der Waals surface area (Å²) in [5.74, 6) is -1.54. The summed E-state index contributed by atoms with van der Waals surface area (Å²) in [6.45, 7) is 4.62. The third kappa shape index (κ3) is 7.43. The lowest BCUT2D eigenvalue weighted by atomic mass is 9.98. The van der Waals surface area contributed by atoms with E-state index < -0.39 is 18.0 Å². The molecule has 2 aromatic carbocycles. The van der Waals surface area contributed by atoms with Crippen LogP contribution in [0.2, 0.25) is 0 Å². The van der Waals surface area contributed by atoms with Crippen LogP contribution in [-0.2, 0) is 19.0 Å². The summed E-state index contributed by atoms with van der Waals surface area (Å²) >= 11 is 0. The van der Waals surface area contributed by atoms with E-state index in [-0.39, 0.29) is 48.8 Å². The molecule has 8 nitrogen and oxygen atoms in total. The van der Waals surface area contributed by atoms with Crippen molar-refractivity contribution in [3.8, 4) is 0 Å². The SMILES string of the molecule is C=C(C)C(=O)OCCNC(=O)OCCOC(=O)c1ccccc1C(=O)c1ccccc1. The first-order valence-electron chi connectivity index (χ1n) is 9.49. The minimum atomic E-state index is -0.748. The first kappa shape index (κ1) is 23.3. The number of hydrogen-bond donors (Lipinski definition) is 1. The van der Waals surface area contributed by atoms with Gasteiger partial charge in [0.05, 0.1) is 12.1 Å². The van der Waals surface area contributed by atoms with Crippen LogP contribution in [-0.4, -0.2) is 50.2 Å². The Bertz CT molecular complexity index is 953. The van der Waals surface area contributed by atoms with Gasteiger partial charge in [0.2, 0.25) is 0 Å². The maximum absolute atomic E-state index is 12.7. The van der Waals surface area contributed by atoms with Gasteiger partial charge in [-0.3, -0.25) is 4.79 Å². The highest BCUT2D eigenvalue weighted by Gasteiger charge is 2.19. The third-order valence-electron chi connectivity index (χ3n) is 3.93. The van der Waals surface area contributed by atoms with Gasteiger partial charge in [-0.2, -0.15) is 0 Å². The lowest BCUT2D eigenvalue weighted by Gasteiger charge is -2.10. The molecule has 2 aromatic rings. The monoisotopic (exact) mass is 425 g/mol. The molecule has 162 valence electrons. The molecule has 0 atom stereocenters. The Labute approximate surface area is 179 Å². The molecule has 0 aromatic heterocycles. The second kappa shape index (κ2) is 11.9. The zero-order valence-corrected chi connectivity index (χ0v) is 17.1. The van der Waals surface area contributed by atoms with Crippen LogP contribution in [0.3, 0.4) is 0 Å². The topological polar surface area (TPSA) is 108 Å². The van der Waals surface area contributed by atoms with E-state index in [1.54, 1.807) is 48.5 Å². The standard InChI is InChI=1S/C23H23NO7/c1-16(2)21(26)29-13-12-24-23(28)31-15-14-30-22(27)19-11-7-6-10-18(19)20(25)17-8-4-3-5-9-17/h3-11H,1,12-15H2,2H3,(H,24,28). The summed E-state index contributed by atoms with van der Waals surface area (Å²) in [5, 5.41) is 2.39. The number of esters is 2. The van der Waals surface area contributed by atoms with Crippen LogP contribution in [0.15, 0.2) is 66.7 Å². The van der Waals surface area contributed by atoms with Crippen LogP contribution >= 0.6 is 0 Å². The van der Waals surface area contributed by atoms with E-state index in [0.717, 1.165) is 0 Å². The van der Waals surface area contributed by atoms with Crippen LogP contribution in [0.25, 0.3) is 0 Å². The molecule has 0 aliphatic rings. The number of carbonyl (C=O) groups is 4. The quantitative estimate of drug-likeness (QED) is 0.205. The van der Waals surface area contributed by atoms with Crippen molar-refractivity contribution in [2.45, 2.75) is 6.92 Å². The van der Waals surface area contributed by atoms with Crippen LogP contribution in [0.5, 0.6) is 0 Å². The number of carbonyl (C=O) groups excluding carboxylic acids is 4. The first-order chi connectivity index (χ1) is 14.9. The molecule has 0 spiro atoms. The van der Waals surface area contributed by atoms with Gasteiger partial charge in [0.25, 0.3) is 0 Å². The predicted octanol–water partition coefficient (Wildman–Crippen LogP) is 2.92. The average Bonchev–Trinajstić information content (AvgIpc) is 2.79. The van der Waals surface area contributed by atoms with Crippen LogP contribution in [0.1, 0.15) is 33.2 Å². The molecule has 1 N–H and O–H groups in total. The van der Waals surface area contributed by atoms with E-state index in [2.05, 4.69) is 11.9 Å². The maximum Gasteiger partial charge on any atom is 0.407 e. The zero-order valence-electron chi connectivity index (χ0n) is 17.1. The minimum absolute atomic E-state index is 0.0258. The Morgan fingerprint density at radius 3 is 2.10 bits per heavy atom. The Morgan fingerprint density at radius 2 is 1.42 bits per heavy atom. The largest absolute Gasteiger partial charge is 0.460 e. The number of ketones is 1. The fraction of sp³-hybridized carbons (Fsp3) is 0.217. The molecule has 31 heavy (non-hydrogen) atoms. The highest BCUT2D eigenvalue weighted by molar-refractivity contribution is 6.14. The minimum Gasteiger partial charge on any atom is -0.460 e. The van der Waals surface area contributed by atoms with Crippen molar-refractivity contribution in [1.82, 2.24) is 5.32 Å². The molecule has 0 aliphatic heterocycles. The van der Waals surface area contributed by atoms with Crippen molar-refractivity contribution < 1.29 is 33.4 Å². The molecule has 2 rings (SSSR count). The smallest absolute Gasteiger partial charge is 0.407 e. The molecule has 0 saturated heterocycles. The Balaban J connectivity index is 1.77. The summed E-state index contributed by atoms with van der Waals surface area (Å²) in [6, 6.07) is 14.9. The molecule has 8 heteroatoms. The average molecular weight is 425 g/mol. The highest BCUT2D eigenvalue weighted by Crippen LogP contribution is 2.15. The van der Waals surface area contributed by atoms with Gasteiger partial charge in [-0.15, -0.1) is 0 Å². The van der Waals surface area contributed by atoms with Gasteiger partial charge < -0.3 is 19.5 Å². The molecular formula is C23H23NO7. The molecule has 0 bridgehead atoms. The highest BCUT2D eigenvalue weighted by atomic mass is 16.6. The van der Waals surface area contributed by atoms with Crippen LogP contribution in [0, 0.1) is 0 Å². The summed E-state index contributed by atoms with van der Waals surface area (Å²) < 4.78 is 14.8. The molecular weight excluding hydrogens is 402 g/mol. The Morgan fingerprint density at radius 1 is 0.806 bits per heavy atom. The van der Waals surface area contributed by atoms with E-state index in [1.165, 1.54) is 13.0 Å². The number of ether oxygens (including phenoxy) is 3. The van der Waals surface area contributed by atoms with Crippen LogP contribution in [0.4, 0.5) is 4.79 Å². The third-order valence-corrected chi connectivity index (χ3v) is 3.93. The van der Waals surface area contributed by atoms with E-state index in [0.29, 0.717) is 5.56 Å². The van der Waals surface area contributed by atoms with Crippen molar-refractivity contribution in [3.63, 3.8) is 0 Å². The number of amides is 1. The van der Waals surface area contributed by atoms with Gasteiger partial charge in [0.1, 0.15) is 19.8 Å². The van der Waals surface area contributed by atoms with Crippen molar-refractivity contribution in [3.05, 3.63) is 83.4 Å². The lowest BCUT2D eigenvalue weighted by molar-refractivity contribution is -0.138. The second-order valence-electron chi connectivity index (χ2n) is 6.36. The van der Waals surface area contributed by atoms with Crippen molar-refractivity contribution >= 4 is 23.8 Å². The number of nitrogens with one attached hydrogen (secondary N) is 1. The van der Waals surface area contributed by atoms with Gasteiger partial charge in [-0.05, 0) is 13.0 Å². The van der Waals surface area contributed by atoms with Crippen molar-refractivity contribution in [1.29, 1.82) is 0 Å². The maximum atomic E-state index is 12.7. The van der Waals surface area contributed by atoms with Gasteiger partial charge in [-0.25, -0.2) is 14.4 Å². The molecule has 0 saturated carbocycles. The molecule has 1 amide bonds. The van der Waals surface area contributed by atoms with E-state index in [1.807, 2.05) is 0 Å². The molecule has 0 aliphatic carbocycles. The predicted molar refractivity (Wildman–Crippen MR) is 112 cm³/mol. The Kier molecular flexibility index (Phi) is 8.97. The number of rotatable bonds is 10. The fourth-order valence-corrected chi connectivity index (χ4v) is 2.42. The molecule has 0 radical (unpaired) electrons. The first-order valence-corrected chi connectivity index (χ1v) is 9.49. The molecule has 0 heterocycles. The lowest BCUT2D eigenvalue weighted by Crippen LogP contribution is -2.29. The molecule has 0 fully saturated rings.